The van der Waals surface area contributed by atoms with Gasteiger partial charge >= 0.3 is 6.03 Å². The van der Waals surface area contributed by atoms with Gasteiger partial charge in [-0.05, 0) is 24.8 Å². The van der Waals surface area contributed by atoms with Crippen LogP contribution in [0.4, 0.5) is 4.79 Å². The van der Waals surface area contributed by atoms with Crippen LogP contribution in [0.3, 0.4) is 0 Å². The van der Waals surface area contributed by atoms with E-state index in [1.807, 2.05) is 51.1 Å². The Balaban J connectivity index is 2.28. The average Bonchev–Trinajstić information content (AvgIpc) is 2.47. The maximum atomic E-state index is 12.3. The van der Waals surface area contributed by atoms with Crippen molar-refractivity contribution in [3.05, 3.63) is 35.9 Å². The molecular formula is C17H24N2O3. The fourth-order valence-corrected chi connectivity index (χ4v) is 2.96. The molecule has 3 amide bonds. The number of carbonyl (C=O) groups is 2. The zero-order valence-electron chi connectivity index (χ0n) is 13.4. The van der Waals surface area contributed by atoms with Crippen LogP contribution in [0.2, 0.25) is 0 Å². The Morgan fingerprint density at radius 3 is 2.50 bits per heavy atom. The van der Waals surface area contributed by atoms with Crippen LogP contribution in [0.1, 0.15) is 26.3 Å². The summed E-state index contributed by atoms with van der Waals surface area (Å²) in [5.74, 6) is -0.280. The van der Waals surface area contributed by atoms with Crippen molar-refractivity contribution in [1.29, 1.82) is 0 Å². The molecule has 1 N–H and O–H groups in total. The molecule has 2 unspecified atom stereocenters. The molecule has 1 aromatic carbocycles. The minimum Gasteiger partial charge on any atom is -0.361 e. The molecule has 5 nitrogen and oxygen atoms in total. The van der Waals surface area contributed by atoms with Crippen LogP contribution < -0.4 is 5.32 Å². The first-order valence-electron chi connectivity index (χ1n) is 7.77. The number of ether oxygens (including phenoxy) is 1. The molecule has 1 fully saturated rings. The van der Waals surface area contributed by atoms with Crippen molar-refractivity contribution in [2.75, 3.05) is 13.3 Å². The largest absolute Gasteiger partial charge is 0.361 e. The van der Waals surface area contributed by atoms with E-state index in [1.54, 1.807) is 4.90 Å². The number of benzene rings is 1. The summed E-state index contributed by atoms with van der Waals surface area (Å²) in [6.45, 7) is 6.64. The standard InChI is InChI=1S/C17H24N2O3/c1-4-22-11-19-14(10-13-8-6-5-7-9-13)15(12(2)3)16(20)18-17(19)21/h5-9,12,14-15H,4,10-11H2,1-3H3,(H,18,20,21). The predicted octanol–water partition coefficient (Wildman–Crippen LogP) is 2.42. The van der Waals surface area contributed by atoms with Crippen LogP contribution >= 0.6 is 0 Å². The summed E-state index contributed by atoms with van der Waals surface area (Å²) >= 11 is 0. The van der Waals surface area contributed by atoms with E-state index in [0.29, 0.717) is 13.0 Å². The normalized spacial score (nSPS) is 22.1. The summed E-state index contributed by atoms with van der Waals surface area (Å²) in [6.07, 6.45) is 0.649. The SMILES string of the molecule is CCOCN1C(=O)NC(=O)C(C(C)C)C1Cc1ccccc1. The number of carbonyl (C=O) groups excluding carboxylic acids is 2. The van der Waals surface area contributed by atoms with Gasteiger partial charge in [-0.1, -0.05) is 44.2 Å². The van der Waals surface area contributed by atoms with Gasteiger partial charge in [0.25, 0.3) is 0 Å². The third-order valence-electron chi connectivity index (χ3n) is 4.05. The highest BCUT2D eigenvalue weighted by Gasteiger charge is 2.42. The number of rotatable bonds is 6. The second-order valence-corrected chi connectivity index (χ2v) is 5.91. The Kier molecular flexibility index (Phi) is 5.55. The molecule has 0 aromatic heterocycles. The minimum absolute atomic E-state index is 0.144. The highest BCUT2D eigenvalue weighted by Crippen LogP contribution is 2.27. The van der Waals surface area contributed by atoms with Gasteiger partial charge in [0.2, 0.25) is 5.91 Å². The summed E-state index contributed by atoms with van der Waals surface area (Å²) in [6, 6.07) is 9.39. The number of hydrogen-bond donors (Lipinski definition) is 1. The summed E-state index contributed by atoms with van der Waals surface area (Å²) in [5.41, 5.74) is 1.11. The van der Waals surface area contributed by atoms with Crippen LogP contribution in [0.5, 0.6) is 0 Å². The van der Waals surface area contributed by atoms with Crippen LogP contribution in [-0.2, 0) is 16.0 Å². The van der Waals surface area contributed by atoms with E-state index in [-0.39, 0.29) is 36.5 Å². The van der Waals surface area contributed by atoms with Gasteiger partial charge in [-0.3, -0.25) is 15.0 Å². The van der Waals surface area contributed by atoms with Gasteiger partial charge in [0.1, 0.15) is 6.73 Å². The Labute approximate surface area is 131 Å². The Morgan fingerprint density at radius 2 is 1.91 bits per heavy atom. The number of urea groups is 1. The van der Waals surface area contributed by atoms with E-state index in [2.05, 4.69) is 5.32 Å². The fourth-order valence-electron chi connectivity index (χ4n) is 2.96. The molecule has 1 saturated heterocycles. The average molecular weight is 304 g/mol. The van der Waals surface area contributed by atoms with Crippen molar-refractivity contribution < 1.29 is 14.3 Å². The van der Waals surface area contributed by atoms with Gasteiger partial charge < -0.3 is 4.74 Å². The molecule has 0 spiro atoms. The van der Waals surface area contributed by atoms with Crippen LogP contribution in [0.25, 0.3) is 0 Å². The lowest BCUT2D eigenvalue weighted by atomic mass is 9.82. The summed E-state index contributed by atoms with van der Waals surface area (Å²) < 4.78 is 5.43. The smallest absolute Gasteiger partial charge is 0.326 e. The molecule has 2 rings (SSSR count). The molecule has 1 heterocycles. The number of amides is 3. The van der Waals surface area contributed by atoms with Gasteiger partial charge in [-0.25, -0.2) is 4.79 Å². The van der Waals surface area contributed by atoms with Gasteiger partial charge in [-0.15, -0.1) is 0 Å². The van der Waals surface area contributed by atoms with E-state index < -0.39 is 0 Å². The van der Waals surface area contributed by atoms with Gasteiger partial charge in [0.05, 0.1) is 12.0 Å². The lowest BCUT2D eigenvalue weighted by molar-refractivity contribution is -0.131. The second kappa shape index (κ2) is 7.40. The second-order valence-electron chi connectivity index (χ2n) is 5.91. The Morgan fingerprint density at radius 1 is 1.23 bits per heavy atom. The minimum atomic E-state index is -0.365. The predicted molar refractivity (Wildman–Crippen MR) is 84.1 cm³/mol. The Bertz CT molecular complexity index is 516. The summed E-state index contributed by atoms with van der Waals surface area (Å²) in [4.78, 5) is 26.1. The van der Waals surface area contributed by atoms with E-state index >= 15 is 0 Å². The van der Waals surface area contributed by atoms with E-state index in [1.165, 1.54) is 0 Å². The molecule has 0 radical (unpaired) electrons. The van der Waals surface area contributed by atoms with Crippen molar-refractivity contribution in [1.82, 2.24) is 10.2 Å². The molecule has 2 atom stereocenters. The molecular weight excluding hydrogens is 280 g/mol. The van der Waals surface area contributed by atoms with Crippen molar-refractivity contribution >= 4 is 11.9 Å². The molecule has 120 valence electrons. The number of nitrogens with zero attached hydrogens (tertiary/aromatic N) is 1. The van der Waals surface area contributed by atoms with E-state index in [4.69, 9.17) is 4.74 Å². The van der Waals surface area contributed by atoms with Crippen LogP contribution in [0.15, 0.2) is 30.3 Å². The van der Waals surface area contributed by atoms with E-state index in [0.717, 1.165) is 5.56 Å². The zero-order chi connectivity index (χ0) is 16.1. The third-order valence-corrected chi connectivity index (χ3v) is 4.05. The topological polar surface area (TPSA) is 58.6 Å². The fraction of sp³-hybridized carbons (Fsp3) is 0.529. The molecule has 1 aliphatic rings. The van der Waals surface area contributed by atoms with Crippen LogP contribution in [0, 0.1) is 11.8 Å². The number of nitrogens with one attached hydrogen (secondary N) is 1. The highest BCUT2D eigenvalue weighted by molar-refractivity contribution is 5.98. The lowest BCUT2D eigenvalue weighted by Crippen LogP contribution is -2.62. The molecule has 0 bridgehead atoms. The quantitative estimate of drug-likeness (QED) is 0.878. The molecule has 0 aliphatic carbocycles. The van der Waals surface area contributed by atoms with Gasteiger partial charge in [-0.2, -0.15) is 0 Å². The molecule has 22 heavy (non-hydrogen) atoms. The van der Waals surface area contributed by atoms with Crippen molar-refractivity contribution in [3.63, 3.8) is 0 Å². The first-order valence-corrected chi connectivity index (χ1v) is 7.77. The molecule has 0 saturated carbocycles. The molecule has 1 aromatic rings. The summed E-state index contributed by atoms with van der Waals surface area (Å²) in [5, 5.41) is 2.45. The van der Waals surface area contributed by atoms with E-state index in [9.17, 15) is 9.59 Å². The molecule has 1 aliphatic heterocycles. The van der Waals surface area contributed by atoms with Crippen molar-refractivity contribution in [2.45, 2.75) is 33.2 Å². The summed E-state index contributed by atoms with van der Waals surface area (Å²) in [7, 11) is 0. The number of hydrogen-bond acceptors (Lipinski definition) is 3. The monoisotopic (exact) mass is 304 g/mol. The molecule has 5 heteroatoms. The van der Waals surface area contributed by atoms with Gasteiger partial charge in [0, 0.05) is 6.61 Å². The van der Waals surface area contributed by atoms with Crippen LogP contribution in [-0.4, -0.2) is 36.2 Å². The van der Waals surface area contributed by atoms with Crippen molar-refractivity contribution in [3.8, 4) is 0 Å². The van der Waals surface area contributed by atoms with Gasteiger partial charge in [0.15, 0.2) is 0 Å². The Hall–Kier alpha value is -1.88. The zero-order valence-corrected chi connectivity index (χ0v) is 13.4. The first-order chi connectivity index (χ1) is 10.5. The lowest BCUT2D eigenvalue weighted by Gasteiger charge is -2.41. The third kappa shape index (κ3) is 3.65. The highest BCUT2D eigenvalue weighted by atomic mass is 16.5. The first kappa shape index (κ1) is 16.5. The maximum Gasteiger partial charge on any atom is 0.326 e. The van der Waals surface area contributed by atoms with Crippen molar-refractivity contribution in [2.24, 2.45) is 11.8 Å². The number of imide groups is 1. The maximum absolute atomic E-state index is 12.3.